The van der Waals surface area contributed by atoms with Crippen LogP contribution in [0.5, 0.6) is 0 Å². The largest absolute Gasteiger partial charge is 0.309 e. The van der Waals surface area contributed by atoms with Crippen molar-refractivity contribution >= 4 is 21.7 Å². The van der Waals surface area contributed by atoms with E-state index in [1.165, 1.54) is 0 Å². The molecule has 29 heavy (non-hydrogen) atoms. The maximum absolute atomic E-state index is 12.5. The number of aromatic nitrogens is 3. The summed E-state index contributed by atoms with van der Waals surface area (Å²) in [6.45, 7) is 4.06. The van der Waals surface area contributed by atoms with Crippen LogP contribution in [-0.4, -0.2) is 35.6 Å². The number of amides is 1. The summed E-state index contributed by atoms with van der Waals surface area (Å²) in [6.07, 6.45) is 3.45. The van der Waals surface area contributed by atoms with E-state index in [0.717, 1.165) is 11.3 Å². The number of sulfonamides is 1. The molecule has 0 bridgehead atoms. The molecule has 0 saturated heterocycles. The Balaban J connectivity index is 1.51. The van der Waals surface area contributed by atoms with Crippen LogP contribution in [0.25, 0.3) is 0 Å². The Morgan fingerprint density at radius 1 is 1.14 bits per heavy atom. The molecule has 2 N–H and O–H groups in total. The molecule has 0 saturated carbocycles. The van der Waals surface area contributed by atoms with Gasteiger partial charge in [-0.2, -0.15) is 5.10 Å². The Hall–Kier alpha value is -3.04. The molecule has 1 amide bonds. The predicted octanol–water partition coefficient (Wildman–Crippen LogP) is 2.25. The summed E-state index contributed by atoms with van der Waals surface area (Å²) in [7, 11) is -3.67. The highest BCUT2D eigenvalue weighted by Crippen LogP contribution is 2.16. The summed E-state index contributed by atoms with van der Waals surface area (Å²) in [5, 5.41) is 6.95. The molecule has 2 aromatic heterocycles. The standard InChI is InChI=1S/C20H23N5O3S/c1-15-6-7-16(2)18(13-15)29(27,28)22-11-8-20(26)23-19-9-12-25(24-19)14-17-5-3-4-10-21-17/h3-7,9-10,12-13,22H,8,11,14H2,1-2H3,(H,23,24,26). The van der Waals surface area contributed by atoms with Gasteiger partial charge < -0.3 is 5.32 Å². The predicted molar refractivity (Wildman–Crippen MR) is 110 cm³/mol. The molecule has 3 aromatic rings. The van der Waals surface area contributed by atoms with Crippen LogP contribution in [0.2, 0.25) is 0 Å². The van der Waals surface area contributed by atoms with Crippen LogP contribution in [0.3, 0.4) is 0 Å². The van der Waals surface area contributed by atoms with Crippen molar-refractivity contribution in [3.8, 4) is 0 Å². The topological polar surface area (TPSA) is 106 Å². The van der Waals surface area contributed by atoms with Gasteiger partial charge in [-0.1, -0.05) is 18.2 Å². The smallest absolute Gasteiger partial charge is 0.240 e. The Kier molecular flexibility index (Phi) is 6.40. The SMILES string of the molecule is Cc1ccc(C)c(S(=O)(=O)NCCC(=O)Nc2ccn(Cc3ccccn3)n2)c1. The van der Waals surface area contributed by atoms with Crippen molar-refractivity contribution < 1.29 is 13.2 Å². The number of hydrogen-bond donors (Lipinski definition) is 2. The van der Waals surface area contributed by atoms with Crippen molar-refractivity contribution in [2.75, 3.05) is 11.9 Å². The first kappa shape index (κ1) is 20.7. The molecule has 8 nitrogen and oxygen atoms in total. The molecule has 0 aliphatic carbocycles. The number of hydrogen-bond acceptors (Lipinski definition) is 5. The number of anilines is 1. The summed E-state index contributed by atoms with van der Waals surface area (Å²) >= 11 is 0. The highest BCUT2D eigenvalue weighted by atomic mass is 32.2. The zero-order valence-electron chi connectivity index (χ0n) is 16.3. The molecule has 1 aromatic carbocycles. The number of nitrogens with one attached hydrogen (secondary N) is 2. The lowest BCUT2D eigenvalue weighted by Gasteiger charge is -2.10. The fraction of sp³-hybridized carbons (Fsp3) is 0.250. The number of aryl methyl sites for hydroxylation is 2. The third-order valence-corrected chi connectivity index (χ3v) is 5.84. The van der Waals surface area contributed by atoms with Crippen LogP contribution in [0.4, 0.5) is 5.82 Å². The Labute approximate surface area is 170 Å². The van der Waals surface area contributed by atoms with Crippen LogP contribution >= 0.6 is 0 Å². The van der Waals surface area contributed by atoms with Gasteiger partial charge in [-0.05, 0) is 43.2 Å². The second kappa shape index (κ2) is 8.97. The fourth-order valence-corrected chi connectivity index (χ4v) is 4.11. The first-order valence-electron chi connectivity index (χ1n) is 9.13. The first-order valence-corrected chi connectivity index (χ1v) is 10.6. The van der Waals surface area contributed by atoms with Crippen molar-refractivity contribution in [2.45, 2.75) is 31.7 Å². The third kappa shape index (κ3) is 5.72. The Morgan fingerprint density at radius 2 is 1.97 bits per heavy atom. The zero-order chi connectivity index (χ0) is 20.9. The molecule has 152 valence electrons. The quantitative estimate of drug-likeness (QED) is 0.589. The maximum Gasteiger partial charge on any atom is 0.240 e. The van der Waals surface area contributed by atoms with Crippen LogP contribution in [0, 0.1) is 13.8 Å². The van der Waals surface area contributed by atoms with Gasteiger partial charge in [0.05, 0.1) is 17.1 Å². The van der Waals surface area contributed by atoms with Crippen molar-refractivity contribution in [2.24, 2.45) is 0 Å². The molecular weight excluding hydrogens is 390 g/mol. The zero-order valence-corrected chi connectivity index (χ0v) is 17.1. The van der Waals surface area contributed by atoms with Gasteiger partial charge in [0, 0.05) is 31.4 Å². The van der Waals surface area contributed by atoms with Crippen molar-refractivity contribution in [3.63, 3.8) is 0 Å². The highest BCUT2D eigenvalue weighted by Gasteiger charge is 2.17. The molecule has 0 atom stereocenters. The minimum absolute atomic E-state index is 0.00278. The monoisotopic (exact) mass is 413 g/mol. The average molecular weight is 414 g/mol. The van der Waals surface area contributed by atoms with Crippen LogP contribution in [-0.2, 0) is 21.4 Å². The second-order valence-electron chi connectivity index (χ2n) is 6.68. The van der Waals surface area contributed by atoms with E-state index in [-0.39, 0.29) is 23.8 Å². The average Bonchev–Trinajstić information content (AvgIpc) is 3.11. The molecule has 3 rings (SSSR count). The van der Waals surface area contributed by atoms with Crippen molar-refractivity contribution in [1.29, 1.82) is 0 Å². The lowest BCUT2D eigenvalue weighted by atomic mass is 10.2. The van der Waals surface area contributed by atoms with Crippen molar-refractivity contribution in [1.82, 2.24) is 19.5 Å². The van der Waals surface area contributed by atoms with Gasteiger partial charge in [0.25, 0.3) is 0 Å². The molecule has 0 fully saturated rings. The molecular formula is C20H23N5O3S. The molecule has 0 aliphatic heterocycles. The van der Waals surface area contributed by atoms with E-state index in [2.05, 4.69) is 20.1 Å². The van der Waals surface area contributed by atoms with Gasteiger partial charge in [0.15, 0.2) is 5.82 Å². The molecule has 0 unspecified atom stereocenters. The van der Waals surface area contributed by atoms with Gasteiger partial charge in [0.2, 0.25) is 15.9 Å². The molecule has 0 spiro atoms. The van der Waals surface area contributed by atoms with Crippen LogP contribution < -0.4 is 10.0 Å². The number of carbonyl (C=O) groups excluding carboxylic acids is 1. The van der Waals surface area contributed by atoms with Gasteiger partial charge >= 0.3 is 0 Å². The lowest BCUT2D eigenvalue weighted by Crippen LogP contribution is -2.28. The molecule has 0 radical (unpaired) electrons. The lowest BCUT2D eigenvalue weighted by molar-refractivity contribution is -0.116. The van der Waals surface area contributed by atoms with E-state index in [0.29, 0.717) is 17.9 Å². The van der Waals surface area contributed by atoms with E-state index in [1.54, 1.807) is 42.2 Å². The summed E-state index contributed by atoms with van der Waals surface area (Å²) in [6, 6.07) is 12.5. The van der Waals surface area contributed by atoms with Gasteiger partial charge in [-0.25, -0.2) is 13.1 Å². The number of rotatable bonds is 8. The normalized spacial score (nSPS) is 11.4. The van der Waals surface area contributed by atoms with E-state index in [4.69, 9.17) is 0 Å². The third-order valence-electron chi connectivity index (χ3n) is 4.24. The van der Waals surface area contributed by atoms with Gasteiger partial charge in [0.1, 0.15) is 0 Å². The molecule has 2 heterocycles. The van der Waals surface area contributed by atoms with Crippen LogP contribution in [0.15, 0.2) is 59.8 Å². The number of nitrogens with zero attached hydrogens (tertiary/aromatic N) is 3. The summed E-state index contributed by atoms with van der Waals surface area (Å²) in [5.74, 6) is 0.0834. The maximum atomic E-state index is 12.5. The van der Waals surface area contributed by atoms with Crippen LogP contribution in [0.1, 0.15) is 23.2 Å². The van der Waals surface area contributed by atoms with Gasteiger partial charge in [-0.3, -0.25) is 14.5 Å². The second-order valence-corrected chi connectivity index (χ2v) is 8.42. The summed E-state index contributed by atoms with van der Waals surface area (Å²) in [4.78, 5) is 16.6. The minimum atomic E-state index is -3.67. The summed E-state index contributed by atoms with van der Waals surface area (Å²) < 4.78 is 29.1. The molecule has 9 heteroatoms. The number of carbonyl (C=O) groups is 1. The van der Waals surface area contributed by atoms with E-state index in [9.17, 15) is 13.2 Å². The number of pyridine rings is 1. The highest BCUT2D eigenvalue weighted by molar-refractivity contribution is 7.89. The Bertz CT molecular complexity index is 1090. The van der Waals surface area contributed by atoms with E-state index in [1.807, 2.05) is 31.2 Å². The first-order chi connectivity index (χ1) is 13.8. The van der Waals surface area contributed by atoms with E-state index < -0.39 is 10.0 Å². The van der Waals surface area contributed by atoms with E-state index >= 15 is 0 Å². The fourth-order valence-electron chi connectivity index (χ4n) is 2.75. The van der Waals surface area contributed by atoms with Gasteiger partial charge in [-0.15, -0.1) is 0 Å². The molecule has 0 aliphatic rings. The minimum Gasteiger partial charge on any atom is -0.309 e. The number of benzene rings is 1. The van der Waals surface area contributed by atoms with Crippen molar-refractivity contribution in [3.05, 3.63) is 71.7 Å². The summed E-state index contributed by atoms with van der Waals surface area (Å²) in [5.41, 5.74) is 2.37. The Morgan fingerprint density at radius 3 is 2.72 bits per heavy atom.